The second-order valence-corrected chi connectivity index (χ2v) is 6.00. The maximum absolute atomic E-state index is 12.5. The van der Waals surface area contributed by atoms with E-state index in [0.29, 0.717) is 17.2 Å². The second kappa shape index (κ2) is 8.11. The highest BCUT2D eigenvalue weighted by Gasteiger charge is 2.11. The molecule has 0 aliphatic carbocycles. The number of carbonyl (C=O) groups excluding carboxylic acids is 1. The van der Waals surface area contributed by atoms with E-state index in [0.717, 1.165) is 17.8 Å². The molecule has 2 aromatic carbocycles. The highest BCUT2D eigenvalue weighted by atomic mass is 16.1. The number of nitrogens with one attached hydrogen (secondary N) is 2. The first-order valence-corrected chi connectivity index (χ1v) is 8.60. The van der Waals surface area contributed by atoms with E-state index < -0.39 is 0 Å². The number of anilines is 3. The predicted octanol–water partition coefficient (Wildman–Crippen LogP) is 4.22. The predicted molar refractivity (Wildman–Crippen MR) is 105 cm³/mol. The van der Waals surface area contributed by atoms with E-state index in [-0.39, 0.29) is 11.6 Å². The van der Waals surface area contributed by atoms with Crippen LogP contribution >= 0.6 is 0 Å². The Hall–Kier alpha value is -3.72. The van der Waals surface area contributed by atoms with Crippen molar-refractivity contribution < 1.29 is 4.79 Å². The van der Waals surface area contributed by atoms with E-state index in [1.54, 1.807) is 37.3 Å². The quantitative estimate of drug-likeness (QED) is 0.713. The minimum atomic E-state index is -0.298. The summed E-state index contributed by atoms with van der Waals surface area (Å²) >= 11 is 0. The summed E-state index contributed by atoms with van der Waals surface area (Å²) in [5.41, 5.74) is 3.55. The molecule has 1 aromatic heterocycles. The maximum Gasteiger partial charge on any atom is 0.274 e. The fourth-order valence-electron chi connectivity index (χ4n) is 2.54. The Kier molecular flexibility index (Phi) is 5.43. The van der Waals surface area contributed by atoms with Crippen LogP contribution in [-0.2, 0) is 6.42 Å². The normalized spacial score (nSPS) is 10.1. The van der Waals surface area contributed by atoms with Crippen LogP contribution in [0.15, 0.2) is 54.6 Å². The van der Waals surface area contributed by atoms with Crippen molar-refractivity contribution in [1.29, 1.82) is 5.26 Å². The first-order valence-electron chi connectivity index (χ1n) is 8.60. The fraction of sp³-hybridized carbons (Fsp3) is 0.143. The summed E-state index contributed by atoms with van der Waals surface area (Å²) in [6.07, 6.45) is 0.948. The van der Waals surface area contributed by atoms with Gasteiger partial charge in [-0.3, -0.25) is 4.79 Å². The first-order chi connectivity index (χ1) is 13.1. The van der Waals surface area contributed by atoms with Crippen molar-refractivity contribution in [1.82, 2.24) is 9.97 Å². The van der Waals surface area contributed by atoms with Crippen LogP contribution in [0.5, 0.6) is 0 Å². The van der Waals surface area contributed by atoms with Crippen LogP contribution < -0.4 is 10.6 Å². The standard InChI is InChI=1S/C21H19N5O/c1-3-15-4-8-18(9-5-15)26-21(27)19-12-20(24-14(2)23-19)25-17-10-6-16(13-22)7-11-17/h4-12H,3H2,1-2H3,(H,26,27)(H,23,24,25). The van der Waals surface area contributed by atoms with E-state index in [4.69, 9.17) is 5.26 Å². The van der Waals surface area contributed by atoms with Gasteiger partial charge in [-0.25, -0.2) is 9.97 Å². The number of aromatic nitrogens is 2. The van der Waals surface area contributed by atoms with Gasteiger partial charge in [0, 0.05) is 17.4 Å². The average Bonchev–Trinajstić information content (AvgIpc) is 2.68. The molecule has 0 saturated carbocycles. The summed E-state index contributed by atoms with van der Waals surface area (Å²) in [7, 11) is 0. The summed E-state index contributed by atoms with van der Waals surface area (Å²) in [6.45, 7) is 3.82. The Labute approximate surface area is 157 Å². The third kappa shape index (κ3) is 4.67. The highest BCUT2D eigenvalue weighted by molar-refractivity contribution is 6.03. The van der Waals surface area contributed by atoms with Gasteiger partial charge in [0.15, 0.2) is 0 Å². The zero-order valence-corrected chi connectivity index (χ0v) is 15.2. The SMILES string of the molecule is CCc1ccc(NC(=O)c2cc(Nc3ccc(C#N)cc3)nc(C)n2)cc1. The topological polar surface area (TPSA) is 90.7 Å². The highest BCUT2D eigenvalue weighted by Crippen LogP contribution is 2.17. The van der Waals surface area contributed by atoms with Gasteiger partial charge in [-0.15, -0.1) is 0 Å². The number of hydrogen-bond donors (Lipinski definition) is 2. The van der Waals surface area contributed by atoms with E-state index >= 15 is 0 Å². The molecule has 1 heterocycles. The molecule has 134 valence electrons. The van der Waals surface area contributed by atoms with Gasteiger partial charge in [0.1, 0.15) is 17.3 Å². The van der Waals surface area contributed by atoms with Gasteiger partial charge >= 0.3 is 0 Å². The van der Waals surface area contributed by atoms with Gasteiger partial charge < -0.3 is 10.6 Å². The summed E-state index contributed by atoms with van der Waals surface area (Å²) in [5, 5.41) is 14.8. The lowest BCUT2D eigenvalue weighted by Gasteiger charge is -2.09. The molecular weight excluding hydrogens is 338 g/mol. The van der Waals surface area contributed by atoms with E-state index in [1.807, 2.05) is 24.3 Å². The zero-order chi connectivity index (χ0) is 19.2. The molecule has 2 N–H and O–H groups in total. The van der Waals surface area contributed by atoms with E-state index in [1.165, 1.54) is 5.56 Å². The van der Waals surface area contributed by atoms with Gasteiger partial charge in [-0.2, -0.15) is 5.26 Å². The fourth-order valence-corrected chi connectivity index (χ4v) is 2.54. The van der Waals surface area contributed by atoms with Crippen molar-refractivity contribution in [3.8, 4) is 6.07 Å². The molecule has 0 saturated heterocycles. The van der Waals surface area contributed by atoms with Crippen molar-refractivity contribution in [2.24, 2.45) is 0 Å². The van der Waals surface area contributed by atoms with Crippen LogP contribution in [0, 0.1) is 18.3 Å². The molecule has 0 aliphatic rings. The molecule has 0 fully saturated rings. The van der Waals surface area contributed by atoms with Crippen LogP contribution in [0.25, 0.3) is 0 Å². The number of aryl methyl sites for hydroxylation is 2. The molecule has 0 atom stereocenters. The van der Waals surface area contributed by atoms with Crippen LogP contribution in [0.3, 0.4) is 0 Å². The Morgan fingerprint density at radius 2 is 1.70 bits per heavy atom. The smallest absolute Gasteiger partial charge is 0.274 e. The number of nitrogens with zero attached hydrogens (tertiary/aromatic N) is 3. The lowest BCUT2D eigenvalue weighted by Crippen LogP contribution is -2.15. The van der Waals surface area contributed by atoms with Gasteiger partial charge in [0.2, 0.25) is 0 Å². The number of hydrogen-bond acceptors (Lipinski definition) is 5. The van der Waals surface area contributed by atoms with Gasteiger partial charge in [0.25, 0.3) is 5.91 Å². The molecule has 0 aliphatic heterocycles. The molecule has 3 rings (SSSR count). The summed E-state index contributed by atoms with van der Waals surface area (Å²) in [6, 6.07) is 18.4. The Bertz CT molecular complexity index is 989. The average molecular weight is 357 g/mol. The van der Waals surface area contributed by atoms with E-state index in [9.17, 15) is 4.79 Å². The largest absolute Gasteiger partial charge is 0.340 e. The Morgan fingerprint density at radius 1 is 1.04 bits per heavy atom. The van der Waals surface area contributed by atoms with Crippen molar-refractivity contribution in [3.63, 3.8) is 0 Å². The number of carbonyl (C=O) groups is 1. The van der Waals surface area contributed by atoms with Crippen LogP contribution in [0.2, 0.25) is 0 Å². The number of benzene rings is 2. The van der Waals surface area contributed by atoms with Crippen LogP contribution in [-0.4, -0.2) is 15.9 Å². The molecule has 0 bridgehead atoms. The van der Waals surface area contributed by atoms with Crippen molar-refractivity contribution >= 4 is 23.1 Å². The number of amides is 1. The minimum Gasteiger partial charge on any atom is -0.340 e. The summed E-state index contributed by atoms with van der Waals surface area (Å²) < 4.78 is 0. The Morgan fingerprint density at radius 3 is 2.33 bits per heavy atom. The molecule has 0 radical (unpaired) electrons. The number of nitriles is 1. The Balaban J connectivity index is 1.76. The minimum absolute atomic E-state index is 0.276. The number of rotatable bonds is 5. The first kappa shape index (κ1) is 18.1. The molecule has 3 aromatic rings. The van der Waals surface area contributed by atoms with Crippen LogP contribution in [0.1, 0.15) is 34.4 Å². The molecule has 27 heavy (non-hydrogen) atoms. The molecule has 0 spiro atoms. The molecule has 6 heteroatoms. The molecule has 0 unspecified atom stereocenters. The van der Waals surface area contributed by atoms with Gasteiger partial charge in [-0.05, 0) is 55.3 Å². The molecular formula is C21H19N5O. The van der Waals surface area contributed by atoms with Crippen LogP contribution in [0.4, 0.5) is 17.2 Å². The monoisotopic (exact) mass is 357 g/mol. The van der Waals surface area contributed by atoms with Crippen molar-refractivity contribution in [3.05, 3.63) is 77.2 Å². The maximum atomic E-state index is 12.5. The lowest BCUT2D eigenvalue weighted by atomic mass is 10.1. The summed E-state index contributed by atoms with van der Waals surface area (Å²) in [4.78, 5) is 21.1. The van der Waals surface area contributed by atoms with Crippen molar-refractivity contribution in [2.45, 2.75) is 20.3 Å². The summed E-state index contributed by atoms with van der Waals surface area (Å²) in [5.74, 6) is 0.700. The molecule has 1 amide bonds. The van der Waals surface area contributed by atoms with Crippen molar-refractivity contribution in [2.75, 3.05) is 10.6 Å². The van der Waals surface area contributed by atoms with Gasteiger partial charge in [0.05, 0.1) is 11.6 Å². The second-order valence-electron chi connectivity index (χ2n) is 6.00. The van der Waals surface area contributed by atoms with Gasteiger partial charge in [-0.1, -0.05) is 19.1 Å². The zero-order valence-electron chi connectivity index (χ0n) is 15.2. The lowest BCUT2D eigenvalue weighted by molar-refractivity contribution is 0.102. The third-order valence-corrected chi connectivity index (χ3v) is 3.98. The van der Waals surface area contributed by atoms with E-state index in [2.05, 4.69) is 33.6 Å². The third-order valence-electron chi connectivity index (χ3n) is 3.98. The molecule has 6 nitrogen and oxygen atoms in total.